The molecule has 0 saturated carbocycles. The number of carbonyl (C=O) groups excluding carboxylic acids is 1. The van der Waals surface area contributed by atoms with Gasteiger partial charge in [-0.1, -0.05) is 30.2 Å². The molecular weight excluding hydrogens is 342 g/mol. The van der Waals surface area contributed by atoms with Gasteiger partial charge in [0, 0.05) is 18.9 Å². The Morgan fingerprint density at radius 2 is 1.96 bits per heavy atom. The lowest BCUT2D eigenvalue weighted by Crippen LogP contribution is -2.23. The van der Waals surface area contributed by atoms with Crippen LogP contribution in [0.5, 0.6) is 11.6 Å². The van der Waals surface area contributed by atoms with Crippen LogP contribution in [-0.4, -0.2) is 21.0 Å². The maximum absolute atomic E-state index is 12.5. The minimum atomic E-state index is -0.934. The molecule has 0 aliphatic rings. The molecule has 3 aromatic rings. The lowest BCUT2D eigenvalue weighted by Gasteiger charge is -2.10. The van der Waals surface area contributed by atoms with Crippen molar-refractivity contribution in [1.82, 2.24) is 15.3 Å². The first kappa shape index (κ1) is 18.1. The van der Waals surface area contributed by atoms with Gasteiger partial charge in [-0.05, 0) is 35.4 Å². The Hall–Kier alpha value is -3.69. The average Bonchev–Trinajstić information content (AvgIpc) is 2.73. The van der Waals surface area contributed by atoms with Crippen LogP contribution in [0.1, 0.15) is 27.6 Å². The Balaban J connectivity index is 1.67. The van der Waals surface area contributed by atoms with Gasteiger partial charge in [-0.15, -0.1) is 6.42 Å². The van der Waals surface area contributed by atoms with E-state index in [1.807, 2.05) is 0 Å². The van der Waals surface area contributed by atoms with E-state index < -0.39 is 6.10 Å². The third-order valence-electron chi connectivity index (χ3n) is 3.77. The highest BCUT2D eigenvalue weighted by Gasteiger charge is 2.14. The molecular formula is C21H17N3O3. The Labute approximate surface area is 156 Å². The van der Waals surface area contributed by atoms with Crippen molar-refractivity contribution < 1.29 is 14.6 Å². The van der Waals surface area contributed by atoms with Crippen molar-refractivity contribution >= 4 is 5.91 Å². The second-order valence-electron chi connectivity index (χ2n) is 5.64. The minimum absolute atomic E-state index is 0.204. The van der Waals surface area contributed by atoms with Gasteiger partial charge in [0.2, 0.25) is 5.88 Å². The third-order valence-corrected chi connectivity index (χ3v) is 3.77. The topological polar surface area (TPSA) is 84.3 Å². The molecule has 3 rings (SSSR count). The van der Waals surface area contributed by atoms with Gasteiger partial charge in [-0.25, -0.2) is 4.98 Å². The highest BCUT2D eigenvalue weighted by molar-refractivity contribution is 5.96. The fourth-order valence-electron chi connectivity index (χ4n) is 2.36. The fourth-order valence-corrected chi connectivity index (χ4v) is 2.36. The van der Waals surface area contributed by atoms with Gasteiger partial charge in [0.25, 0.3) is 5.91 Å². The van der Waals surface area contributed by atoms with Crippen LogP contribution >= 0.6 is 0 Å². The van der Waals surface area contributed by atoms with E-state index in [0.717, 1.165) is 5.56 Å². The van der Waals surface area contributed by atoms with E-state index in [9.17, 15) is 9.90 Å². The molecule has 134 valence electrons. The fraction of sp³-hybridized carbons (Fsp3) is 0.0952. The third kappa shape index (κ3) is 4.69. The van der Waals surface area contributed by atoms with Crippen LogP contribution in [0.25, 0.3) is 0 Å². The van der Waals surface area contributed by atoms with Crippen molar-refractivity contribution in [2.24, 2.45) is 0 Å². The summed E-state index contributed by atoms with van der Waals surface area (Å²) in [5, 5.41) is 12.4. The summed E-state index contributed by atoms with van der Waals surface area (Å²) < 4.78 is 5.66. The van der Waals surface area contributed by atoms with E-state index in [2.05, 4.69) is 21.2 Å². The molecule has 1 aromatic carbocycles. The van der Waals surface area contributed by atoms with Gasteiger partial charge in [0.05, 0.1) is 6.20 Å². The maximum atomic E-state index is 12.5. The number of amides is 1. The Bertz CT molecular complexity index is 950. The van der Waals surface area contributed by atoms with Crippen LogP contribution in [-0.2, 0) is 6.54 Å². The van der Waals surface area contributed by atoms with Crippen LogP contribution in [0.3, 0.4) is 0 Å². The van der Waals surface area contributed by atoms with E-state index in [1.165, 1.54) is 0 Å². The minimum Gasteiger partial charge on any atom is -0.437 e. The van der Waals surface area contributed by atoms with Crippen molar-refractivity contribution in [2.45, 2.75) is 12.6 Å². The second kappa shape index (κ2) is 8.61. The summed E-state index contributed by atoms with van der Waals surface area (Å²) in [6.07, 6.45) is 8.99. The number of aliphatic hydroxyl groups excluding tert-OH is 1. The average molecular weight is 359 g/mol. The van der Waals surface area contributed by atoms with Crippen molar-refractivity contribution in [3.63, 3.8) is 0 Å². The largest absolute Gasteiger partial charge is 0.437 e. The molecule has 1 unspecified atom stereocenters. The Morgan fingerprint density at radius 1 is 1.19 bits per heavy atom. The van der Waals surface area contributed by atoms with Gasteiger partial charge < -0.3 is 15.2 Å². The number of nitrogens with one attached hydrogen (secondary N) is 1. The summed E-state index contributed by atoms with van der Waals surface area (Å²) >= 11 is 0. The molecule has 1 atom stereocenters. The molecule has 0 radical (unpaired) electrons. The number of rotatable bonds is 6. The van der Waals surface area contributed by atoms with Gasteiger partial charge in [0.1, 0.15) is 17.4 Å². The molecule has 2 aromatic heterocycles. The molecule has 0 fully saturated rings. The summed E-state index contributed by atoms with van der Waals surface area (Å²) in [5.74, 6) is 2.65. The maximum Gasteiger partial charge on any atom is 0.257 e. The van der Waals surface area contributed by atoms with E-state index in [4.69, 9.17) is 11.2 Å². The number of ether oxygens (including phenoxy) is 1. The number of carbonyl (C=O) groups is 1. The van der Waals surface area contributed by atoms with Crippen molar-refractivity contribution in [2.75, 3.05) is 0 Å². The molecule has 0 spiro atoms. The van der Waals surface area contributed by atoms with Gasteiger partial charge in [0.15, 0.2) is 0 Å². The van der Waals surface area contributed by atoms with E-state index in [1.54, 1.807) is 67.1 Å². The lowest BCUT2D eigenvalue weighted by atomic mass is 10.1. The van der Waals surface area contributed by atoms with Gasteiger partial charge in [-0.3, -0.25) is 9.78 Å². The highest BCUT2D eigenvalue weighted by Crippen LogP contribution is 2.22. The van der Waals surface area contributed by atoms with E-state index >= 15 is 0 Å². The smallest absolute Gasteiger partial charge is 0.257 e. The number of pyridine rings is 2. The normalized spacial score (nSPS) is 11.3. The predicted molar refractivity (Wildman–Crippen MR) is 100.0 cm³/mol. The number of hydrogen-bond donors (Lipinski definition) is 2. The van der Waals surface area contributed by atoms with Crippen molar-refractivity contribution in [3.8, 4) is 24.0 Å². The van der Waals surface area contributed by atoms with Crippen LogP contribution in [0, 0.1) is 12.3 Å². The zero-order valence-corrected chi connectivity index (χ0v) is 14.4. The molecule has 2 heterocycles. The molecule has 0 saturated heterocycles. The number of hydrogen-bond acceptors (Lipinski definition) is 5. The molecule has 2 N–H and O–H groups in total. The van der Waals surface area contributed by atoms with Crippen molar-refractivity contribution in [3.05, 3.63) is 83.8 Å². The molecule has 6 nitrogen and oxygen atoms in total. The van der Waals surface area contributed by atoms with E-state index in [0.29, 0.717) is 23.4 Å². The van der Waals surface area contributed by atoms with Crippen molar-refractivity contribution in [1.29, 1.82) is 0 Å². The molecule has 0 aliphatic carbocycles. The Kier molecular flexibility index (Phi) is 5.77. The molecule has 1 amide bonds. The zero-order valence-electron chi connectivity index (χ0n) is 14.4. The zero-order chi connectivity index (χ0) is 19.1. The van der Waals surface area contributed by atoms with Crippen LogP contribution in [0.15, 0.2) is 67.1 Å². The van der Waals surface area contributed by atoms with Gasteiger partial charge >= 0.3 is 0 Å². The standard InChI is InChI=1S/C21H17N3O3/c1-2-19(25)16-9-7-15(8-10-16)13-24-20(26)18-6-4-12-23-21(18)27-17-5-3-11-22-14-17/h1,3-12,14,19,25H,13H2,(H,24,26). The molecule has 6 heteroatoms. The predicted octanol–water partition coefficient (Wildman–Crippen LogP) is 2.87. The summed E-state index contributed by atoms with van der Waals surface area (Å²) in [6, 6.07) is 13.8. The second-order valence-corrected chi connectivity index (χ2v) is 5.64. The first-order chi connectivity index (χ1) is 13.2. The summed E-state index contributed by atoms with van der Waals surface area (Å²) in [4.78, 5) is 20.6. The lowest BCUT2D eigenvalue weighted by molar-refractivity contribution is 0.0948. The first-order valence-electron chi connectivity index (χ1n) is 8.21. The van der Waals surface area contributed by atoms with E-state index in [-0.39, 0.29) is 11.8 Å². The van der Waals surface area contributed by atoms with Crippen LogP contribution < -0.4 is 10.1 Å². The quantitative estimate of drug-likeness (QED) is 0.661. The molecule has 0 aliphatic heterocycles. The number of aromatic nitrogens is 2. The highest BCUT2D eigenvalue weighted by atomic mass is 16.5. The molecule has 0 bridgehead atoms. The summed E-state index contributed by atoms with van der Waals surface area (Å²) in [6.45, 7) is 0.312. The molecule has 27 heavy (non-hydrogen) atoms. The van der Waals surface area contributed by atoms with Crippen LogP contribution in [0.2, 0.25) is 0 Å². The first-order valence-corrected chi connectivity index (χ1v) is 8.21. The Morgan fingerprint density at radius 3 is 2.67 bits per heavy atom. The number of aliphatic hydroxyl groups is 1. The summed E-state index contributed by atoms with van der Waals surface area (Å²) in [5.41, 5.74) is 1.82. The summed E-state index contributed by atoms with van der Waals surface area (Å²) in [7, 11) is 0. The van der Waals surface area contributed by atoms with Gasteiger partial charge in [-0.2, -0.15) is 0 Å². The number of terminal acetylenes is 1. The monoisotopic (exact) mass is 359 g/mol. The van der Waals surface area contributed by atoms with Crippen LogP contribution in [0.4, 0.5) is 0 Å². The number of benzene rings is 1. The SMILES string of the molecule is C#CC(O)c1ccc(CNC(=O)c2cccnc2Oc2cccnc2)cc1. The number of nitrogens with zero attached hydrogens (tertiary/aromatic N) is 2.